The lowest BCUT2D eigenvalue weighted by molar-refractivity contribution is 0.148. The summed E-state index contributed by atoms with van der Waals surface area (Å²) in [4.78, 5) is 3.48. The number of pyridine rings is 1. The zero-order chi connectivity index (χ0) is 9.30. The monoisotopic (exact) mass is 239 g/mol. The molecule has 0 aliphatic rings. The summed E-state index contributed by atoms with van der Waals surface area (Å²) in [5.41, 5.74) is -0.242. The van der Waals surface area contributed by atoms with Crippen LogP contribution in [0.15, 0.2) is 10.7 Å². The number of aromatic nitrogens is 1. The SMILES string of the molecule is Cc1ncc(F)c(Br)c1C(F)F. The molecule has 0 fully saturated rings. The van der Waals surface area contributed by atoms with Gasteiger partial charge in [-0.25, -0.2) is 13.2 Å². The zero-order valence-electron chi connectivity index (χ0n) is 6.11. The van der Waals surface area contributed by atoms with Gasteiger partial charge in [0.05, 0.1) is 16.2 Å². The summed E-state index contributed by atoms with van der Waals surface area (Å²) in [5.74, 6) is -0.768. The molecule has 0 atom stereocenters. The Balaban J connectivity index is 3.33. The van der Waals surface area contributed by atoms with E-state index >= 15 is 0 Å². The van der Waals surface area contributed by atoms with Crippen LogP contribution in [-0.2, 0) is 0 Å². The van der Waals surface area contributed by atoms with Gasteiger partial charge >= 0.3 is 0 Å². The van der Waals surface area contributed by atoms with E-state index in [9.17, 15) is 13.2 Å². The molecule has 1 nitrogen and oxygen atoms in total. The third-order valence-corrected chi connectivity index (χ3v) is 2.23. The van der Waals surface area contributed by atoms with Crippen molar-refractivity contribution in [3.05, 3.63) is 27.7 Å². The van der Waals surface area contributed by atoms with Crippen molar-refractivity contribution < 1.29 is 13.2 Å². The van der Waals surface area contributed by atoms with Crippen LogP contribution < -0.4 is 0 Å². The van der Waals surface area contributed by atoms with E-state index in [0.717, 1.165) is 6.20 Å². The lowest BCUT2D eigenvalue weighted by Crippen LogP contribution is -1.97. The van der Waals surface area contributed by atoms with Crippen LogP contribution in [0.2, 0.25) is 0 Å². The summed E-state index contributed by atoms with van der Waals surface area (Å²) in [6.45, 7) is 1.41. The maximum Gasteiger partial charge on any atom is 0.266 e. The molecule has 0 aliphatic carbocycles. The fourth-order valence-electron chi connectivity index (χ4n) is 0.821. The molecule has 0 radical (unpaired) electrons. The molecule has 1 aromatic rings. The summed E-state index contributed by atoms with van der Waals surface area (Å²) in [6, 6.07) is 0. The second-order valence-electron chi connectivity index (χ2n) is 2.22. The number of nitrogens with zero attached hydrogens (tertiary/aromatic N) is 1. The number of rotatable bonds is 1. The second-order valence-corrected chi connectivity index (χ2v) is 3.01. The van der Waals surface area contributed by atoms with Gasteiger partial charge in [-0.2, -0.15) is 0 Å². The van der Waals surface area contributed by atoms with Crippen molar-refractivity contribution in [1.29, 1.82) is 0 Å². The number of alkyl halides is 2. The van der Waals surface area contributed by atoms with Gasteiger partial charge in [-0.1, -0.05) is 0 Å². The molecule has 0 N–H and O–H groups in total. The summed E-state index contributed by atoms with van der Waals surface area (Å²) in [6.07, 6.45) is -1.80. The molecule has 0 saturated carbocycles. The maximum atomic E-state index is 12.7. The van der Waals surface area contributed by atoms with Crippen LogP contribution in [0.4, 0.5) is 13.2 Å². The van der Waals surface area contributed by atoms with Gasteiger partial charge in [-0.3, -0.25) is 4.98 Å². The van der Waals surface area contributed by atoms with Gasteiger partial charge in [-0.05, 0) is 22.9 Å². The maximum absolute atomic E-state index is 12.7. The van der Waals surface area contributed by atoms with E-state index in [1.807, 2.05) is 0 Å². The molecule has 1 aromatic heterocycles. The highest BCUT2D eigenvalue weighted by Gasteiger charge is 2.18. The molecule has 0 aromatic carbocycles. The number of aryl methyl sites for hydroxylation is 1. The predicted molar refractivity (Wildman–Crippen MR) is 41.6 cm³/mol. The van der Waals surface area contributed by atoms with E-state index < -0.39 is 12.2 Å². The van der Waals surface area contributed by atoms with Gasteiger partial charge in [-0.15, -0.1) is 0 Å². The Bertz CT molecular complexity index is 301. The van der Waals surface area contributed by atoms with E-state index in [2.05, 4.69) is 20.9 Å². The molecule has 0 aliphatic heterocycles. The first-order valence-corrected chi connectivity index (χ1v) is 3.92. The minimum absolute atomic E-state index is 0.137. The molecular weight excluding hydrogens is 235 g/mol. The van der Waals surface area contributed by atoms with Crippen LogP contribution in [0.1, 0.15) is 17.7 Å². The minimum Gasteiger partial charge on any atom is -0.258 e. The number of hydrogen-bond acceptors (Lipinski definition) is 1. The molecule has 66 valence electrons. The quantitative estimate of drug-likeness (QED) is 0.734. The van der Waals surface area contributed by atoms with Crippen molar-refractivity contribution in [1.82, 2.24) is 4.98 Å². The van der Waals surface area contributed by atoms with Crippen LogP contribution in [0.3, 0.4) is 0 Å². The van der Waals surface area contributed by atoms with Crippen molar-refractivity contribution >= 4 is 15.9 Å². The molecule has 5 heteroatoms. The first-order valence-electron chi connectivity index (χ1n) is 3.12. The zero-order valence-corrected chi connectivity index (χ0v) is 7.70. The summed E-state index contributed by atoms with van der Waals surface area (Å²) in [5, 5.41) is 0. The fraction of sp³-hybridized carbons (Fsp3) is 0.286. The average molecular weight is 240 g/mol. The molecular formula is C7H5BrF3N. The van der Waals surface area contributed by atoms with E-state index in [0.29, 0.717) is 0 Å². The molecule has 0 amide bonds. The molecule has 0 unspecified atom stereocenters. The third kappa shape index (κ3) is 1.60. The van der Waals surface area contributed by atoms with Gasteiger partial charge in [0.25, 0.3) is 6.43 Å². The highest BCUT2D eigenvalue weighted by molar-refractivity contribution is 9.10. The minimum atomic E-state index is -2.71. The Kier molecular flexibility index (Phi) is 2.72. The van der Waals surface area contributed by atoms with Crippen LogP contribution >= 0.6 is 15.9 Å². The van der Waals surface area contributed by atoms with Crippen LogP contribution in [0, 0.1) is 12.7 Å². The second kappa shape index (κ2) is 3.43. The predicted octanol–water partition coefficient (Wildman–Crippen LogP) is 3.23. The summed E-state index contributed by atoms with van der Waals surface area (Å²) in [7, 11) is 0. The third-order valence-electron chi connectivity index (χ3n) is 1.43. The van der Waals surface area contributed by atoms with Crippen molar-refractivity contribution in [3.63, 3.8) is 0 Å². The largest absolute Gasteiger partial charge is 0.266 e. The molecule has 12 heavy (non-hydrogen) atoms. The van der Waals surface area contributed by atoms with Crippen LogP contribution in [0.25, 0.3) is 0 Å². The highest BCUT2D eigenvalue weighted by Crippen LogP contribution is 2.30. The van der Waals surface area contributed by atoms with E-state index in [1.54, 1.807) is 0 Å². The first kappa shape index (κ1) is 9.51. The Hall–Kier alpha value is -0.580. The Morgan fingerprint density at radius 2 is 2.08 bits per heavy atom. The molecule has 0 spiro atoms. The van der Waals surface area contributed by atoms with Crippen LogP contribution in [-0.4, -0.2) is 4.98 Å². The molecule has 1 heterocycles. The molecule has 1 rings (SSSR count). The Labute approximate surface area is 75.7 Å². The average Bonchev–Trinajstić information content (AvgIpc) is 1.97. The Morgan fingerprint density at radius 3 is 2.50 bits per heavy atom. The molecule has 0 saturated heterocycles. The lowest BCUT2D eigenvalue weighted by Gasteiger charge is -2.06. The van der Waals surface area contributed by atoms with Gasteiger partial charge < -0.3 is 0 Å². The molecule has 0 bridgehead atoms. The van der Waals surface area contributed by atoms with Gasteiger partial charge in [0.15, 0.2) is 5.82 Å². The number of hydrogen-bond donors (Lipinski definition) is 0. The van der Waals surface area contributed by atoms with E-state index in [4.69, 9.17) is 0 Å². The van der Waals surface area contributed by atoms with Gasteiger partial charge in [0, 0.05) is 5.69 Å². The van der Waals surface area contributed by atoms with Crippen LogP contribution in [0.5, 0.6) is 0 Å². The van der Waals surface area contributed by atoms with Gasteiger partial charge in [0.2, 0.25) is 0 Å². The van der Waals surface area contributed by atoms with Crippen molar-refractivity contribution in [2.24, 2.45) is 0 Å². The van der Waals surface area contributed by atoms with Gasteiger partial charge in [0.1, 0.15) is 0 Å². The first-order chi connectivity index (χ1) is 5.54. The van der Waals surface area contributed by atoms with E-state index in [1.165, 1.54) is 6.92 Å². The van der Waals surface area contributed by atoms with Crippen molar-refractivity contribution in [3.8, 4) is 0 Å². The van der Waals surface area contributed by atoms with Crippen molar-refractivity contribution in [2.45, 2.75) is 13.3 Å². The van der Waals surface area contributed by atoms with E-state index in [-0.39, 0.29) is 15.7 Å². The highest BCUT2D eigenvalue weighted by atomic mass is 79.9. The fourth-order valence-corrected chi connectivity index (χ4v) is 1.38. The van der Waals surface area contributed by atoms with Crippen molar-refractivity contribution in [2.75, 3.05) is 0 Å². The normalized spacial score (nSPS) is 10.8. The topological polar surface area (TPSA) is 12.9 Å². The number of halogens is 4. The summed E-state index contributed by atoms with van der Waals surface area (Å²) >= 11 is 2.74. The smallest absolute Gasteiger partial charge is 0.258 e. The summed E-state index contributed by atoms with van der Waals surface area (Å²) < 4.78 is 36.9. The lowest BCUT2D eigenvalue weighted by atomic mass is 10.2. The Morgan fingerprint density at radius 1 is 1.50 bits per heavy atom. The standard InChI is InChI=1S/C7H5BrF3N/c1-3-5(7(10)11)6(8)4(9)2-12-3/h2,7H,1H3.